The molecular formula is C23H18BrN3O2. The summed E-state index contributed by atoms with van der Waals surface area (Å²) in [5.74, 6) is 6.31. The van der Waals surface area contributed by atoms with Crippen molar-refractivity contribution in [2.24, 2.45) is 0 Å². The molecule has 1 heterocycles. The van der Waals surface area contributed by atoms with Gasteiger partial charge in [0.2, 0.25) is 5.82 Å². The van der Waals surface area contributed by atoms with E-state index in [1.165, 1.54) is 22.3 Å². The molecule has 0 saturated carbocycles. The standard InChI is InChI=1S/C23H18BrN3O2/c24-16-13-26-22(27-14-16)11-5-6-12-25-23(28)29-15-21-19-9-3-1-7-17(19)18-8-2-4-10-20(18)21/h1-4,7-10,13-14,21H,6,12,15H2,(H,25,28). The predicted molar refractivity (Wildman–Crippen MR) is 114 cm³/mol. The van der Waals surface area contributed by atoms with Crippen molar-refractivity contribution >= 4 is 22.0 Å². The summed E-state index contributed by atoms with van der Waals surface area (Å²) in [4.78, 5) is 20.2. The highest BCUT2D eigenvalue weighted by atomic mass is 79.9. The third kappa shape index (κ3) is 4.47. The quantitative estimate of drug-likeness (QED) is 0.471. The normalized spacial score (nSPS) is 11.8. The van der Waals surface area contributed by atoms with E-state index in [-0.39, 0.29) is 5.92 Å². The minimum atomic E-state index is -0.437. The molecule has 1 aromatic heterocycles. The molecule has 3 aromatic rings. The van der Waals surface area contributed by atoms with Gasteiger partial charge in [-0.25, -0.2) is 14.8 Å². The summed E-state index contributed by atoms with van der Waals surface area (Å²) in [5, 5.41) is 2.74. The summed E-state index contributed by atoms with van der Waals surface area (Å²) in [6.07, 6.45) is 3.34. The minimum Gasteiger partial charge on any atom is -0.449 e. The maximum absolute atomic E-state index is 12.1. The van der Waals surface area contributed by atoms with Crippen LogP contribution >= 0.6 is 15.9 Å². The molecule has 144 valence electrons. The third-order valence-corrected chi connectivity index (χ3v) is 5.09. The number of alkyl carbamates (subject to hydrolysis) is 1. The molecule has 5 nitrogen and oxygen atoms in total. The van der Waals surface area contributed by atoms with E-state index in [4.69, 9.17) is 4.74 Å². The number of hydrogen-bond donors (Lipinski definition) is 1. The largest absolute Gasteiger partial charge is 0.449 e. The average Bonchev–Trinajstić information content (AvgIpc) is 3.07. The maximum atomic E-state index is 12.1. The van der Waals surface area contributed by atoms with E-state index in [9.17, 15) is 4.79 Å². The lowest BCUT2D eigenvalue weighted by atomic mass is 9.98. The minimum absolute atomic E-state index is 0.0579. The first-order valence-corrected chi connectivity index (χ1v) is 10.1. The van der Waals surface area contributed by atoms with Gasteiger partial charge in [-0.1, -0.05) is 54.5 Å². The van der Waals surface area contributed by atoms with Gasteiger partial charge < -0.3 is 10.1 Å². The van der Waals surface area contributed by atoms with Gasteiger partial charge in [0.15, 0.2) is 0 Å². The maximum Gasteiger partial charge on any atom is 0.407 e. The van der Waals surface area contributed by atoms with Crippen molar-refractivity contribution in [2.75, 3.05) is 13.2 Å². The third-order valence-electron chi connectivity index (χ3n) is 4.68. The predicted octanol–water partition coefficient (Wildman–Crippen LogP) is 4.52. The number of benzene rings is 2. The lowest BCUT2D eigenvalue weighted by Crippen LogP contribution is -2.26. The van der Waals surface area contributed by atoms with Crippen LogP contribution in [0.4, 0.5) is 4.79 Å². The van der Waals surface area contributed by atoms with Crippen molar-refractivity contribution in [1.82, 2.24) is 15.3 Å². The lowest BCUT2D eigenvalue weighted by molar-refractivity contribution is 0.143. The summed E-state index contributed by atoms with van der Waals surface area (Å²) >= 11 is 3.28. The van der Waals surface area contributed by atoms with Crippen LogP contribution in [0, 0.1) is 11.8 Å². The molecule has 2 aromatic carbocycles. The fourth-order valence-corrected chi connectivity index (χ4v) is 3.60. The van der Waals surface area contributed by atoms with Gasteiger partial charge in [0, 0.05) is 31.3 Å². The number of halogens is 1. The topological polar surface area (TPSA) is 64.1 Å². The molecule has 0 atom stereocenters. The fourth-order valence-electron chi connectivity index (χ4n) is 3.39. The van der Waals surface area contributed by atoms with Crippen molar-refractivity contribution in [2.45, 2.75) is 12.3 Å². The van der Waals surface area contributed by atoms with E-state index in [0.717, 1.165) is 4.47 Å². The highest BCUT2D eigenvalue weighted by Gasteiger charge is 2.28. The molecule has 0 saturated heterocycles. The SMILES string of the molecule is O=C(NCCC#Cc1ncc(Br)cn1)OCC1c2ccccc2-c2ccccc21. The second-order valence-corrected chi connectivity index (χ2v) is 7.44. The Morgan fingerprint density at radius 1 is 1.03 bits per heavy atom. The average molecular weight is 448 g/mol. The number of aromatic nitrogens is 2. The molecule has 0 unspecified atom stereocenters. The molecule has 4 rings (SSSR count). The molecule has 0 spiro atoms. The summed E-state index contributed by atoms with van der Waals surface area (Å²) in [6, 6.07) is 16.5. The van der Waals surface area contributed by atoms with Gasteiger partial charge in [-0.05, 0) is 44.1 Å². The van der Waals surface area contributed by atoms with Crippen LogP contribution in [0.3, 0.4) is 0 Å². The smallest absolute Gasteiger partial charge is 0.407 e. The van der Waals surface area contributed by atoms with Gasteiger partial charge in [0.1, 0.15) is 6.61 Å². The zero-order chi connectivity index (χ0) is 20.1. The number of carbonyl (C=O) groups excluding carboxylic acids is 1. The zero-order valence-corrected chi connectivity index (χ0v) is 17.1. The number of nitrogens with zero attached hydrogens (tertiary/aromatic N) is 2. The van der Waals surface area contributed by atoms with Crippen molar-refractivity contribution < 1.29 is 9.53 Å². The van der Waals surface area contributed by atoms with Crippen LogP contribution in [-0.4, -0.2) is 29.2 Å². The molecule has 1 aliphatic carbocycles. The van der Waals surface area contributed by atoms with Gasteiger partial charge in [0.25, 0.3) is 0 Å². The number of hydrogen-bond acceptors (Lipinski definition) is 4. The van der Waals surface area contributed by atoms with Crippen molar-refractivity contribution in [3.05, 3.63) is 82.3 Å². The van der Waals surface area contributed by atoms with Crippen molar-refractivity contribution in [3.63, 3.8) is 0 Å². The molecule has 6 heteroatoms. The Morgan fingerprint density at radius 3 is 2.31 bits per heavy atom. The van der Waals surface area contributed by atoms with Gasteiger partial charge >= 0.3 is 6.09 Å². The first kappa shape index (κ1) is 19.2. The van der Waals surface area contributed by atoms with Gasteiger partial charge in [-0.2, -0.15) is 0 Å². The molecule has 0 radical (unpaired) electrons. The van der Waals surface area contributed by atoms with E-state index in [0.29, 0.717) is 25.4 Å². The first-order valence-electron chi connectivity index (χ1n) is 9.27. The number of fused-ring (bicyclic) bond motifs is 3. The Labute approximate surface area is 177 Å². The second-order valence-electron chi connectivity index (χ2n) is 6.53. The number of nitrogens with one attached hydrogen (secondary N) is 1. The number of amides is 1. The fraction of sp³-hybridized carbons (Fsp3) is 0.174. The van der Waals surface area contributed by atoms with Gasteiger partial charge in [0.05, 0.1) is 4.47 Å². The molecular weight excluding hydrogens is 430 g/mol. The van der Waals surface area contributed by atoms with E-state index in [1.807, 2.05) is 24.3 Å². The van der Waals surface area contributed by atoms with Crippen LogP contribution in [0.2, 0.25) is 0 Å². The van der Waals surface area contributed by atoms with E-state index in [2.05, 4.69) is 67.3 Å². The zero-order valence-electron chi connectivity index (χ0n) is 15.6. The molecule has 1 amide bonds. The van der Waals surface area contributed by atoms with Crippen LogP contribution in [0.5, 0.6) is 0 Å². The Morgan fingerprint density at radius 2 is 1.66 bits per heavy atom. The highest BCUT2D eigenvalue weighted by molar-refractivity contribution is 9.10. The molecule has 1 aliphatic rings. The van der Waals surface area contributed by atoms with Crippen LogP contribution in [-0.2, 0) is 4.74 Å². The van der Waals surface area contributed by atoms with E-state index in [1.54, 1.807) is 12.4 Å². The molecule has 0 bridgehead atoms. The molecule has 29 heavy (non-hydrogen) atoms. The van der Waals surface area contributed by atoms with E-state index >= 15 is 0 Å². The number of carbonyl (C=O) groups is 1. The van der Waals surface area contributed by atoms with Crippen molar-refractivity contribution in [1.29, 1.82) is 0 Å². The lowest BCUT2D eigenvalue weighted by Gasteiger charge is -2.14. The van der Waals surface area contributed by atoms with E-state index < -0.39 is 6.09 Å². The summed E-state index contributed by atoms with van der Waals surface area (Å²) < 4.78 is 6.30. The summed E-state index contributed by atoms with van der Waals surface area (Å²) in [6.45, 7) is 0.707. The Kier molecular flexibility index (Phi) is 5.87. The first-order chi connectivity index (χ1) is 14.2. The van der Waals surface area contributed by atoms with Crippen LogP contribution in [0.15, 0.2) is 65.4 Å². The summed E-state index contributed by atoms with van der Waals surface area (Å²) in [5.41, 5.74) is 4.81. The summed E-state index contributed by atoms with van der Waals surface area (Å²) in [7, 11) is 0. The highest BCUT2D eigenvalue weighted by Crippen LogP contribution is 2.44. The number of rotatable bonds is 4. The Hall–Kier alpha value is -3.17. The van der Waals surface area contributed by atoms with Gasteiger partial charge in [-0.3, -0.25) is 0 Å². The van der Waals surface area contributed by atoms with Crippen LogP contribution < -0.4 is 5.32 Å². The van der Waals surface area contributed by atoms with Crippen LogP contribution in [0.25, 0.3) is 11.1 Å². The van der Waals surface area contributed by atoms with Gasteiger partial charge in [-0.15, -0.1) is 0 Å². The Balaban J connectivity index is 1.29. The van der Waals surface area contributed by atoms with Crippen molar-refractivity contribution in [3.8, 4) is 23.0 Å². The molecule has 0 aliphatic heterocycles. The second kappa shape index (κ2) is 8.89. The number of ether oxygens (including phenoxy) is 1. The molecule has 1 N–H and O–H groups in total. The Bertz CT molecular complexity index is 1040. The monoisotopic (exact) mass is 447 g/mol. The van der Waals surface area contributed by atoms with Crippen LogP contribution in [0.1, 0.15) is 29.3 Å². The molecule has 0 fully saturated rings.